The quantitative estimate of drug-likeness (QED) is 0.0463. The summed E-state index contributed by atoms with van der Waals surface area (Å²) in [6.07, 6.45) is -12.1. The lowest BCUT2D eigenvalue weighted by atomic mass is 9.80. The van der Waals surface area contributed by atoms with Crippen molar-refractivity contribution in [1.29, 1.82) is 0 Å². The largest absolute Gasteiger partial charge is 0.479 e. The Bertz CT molecular complexity index is 3020. The number of benzene rings is 2. The normalized spacial score (nSPS) is 23.0. The number of amides is 8. The molecule has 3 aliphatic heterocycles. The number of ether oxygens (including phenoxy) is 5. The minimum absolute atomic E-state index is 0.0983. The molecule has 0 saturated carbocycles. The molecule has 5 rings (SSSR count). The topological polar surface area (TPSA) is 393 Å². The van der Waals surface area contributed by atoms with Crippen LogP contribution in [0, 0.1) is 40.9 Å². The van der Waals surface area contributed by atoms with E-state index in [1.54, 1.807) is 67.3 Å². The number of hydrogen-bond donors (Lipinski definition) is 9. The van der Waals surface area contributed by atoms with Crippen LogP contribution in [0.1, 0.15) is 138 Å². The number of imide groups is 1. The number of ketones is 1. The van der Waals surface area contributed by atoms with Crippen molar-refractivity contribution in [2.24, 2.45) is 46.7 Å². The number of nitrogens with two attached hydrogens (primary N) is 1. The molecule has 536 valence electrons. The van der Waals surface area contributed by atoms with Gasteiger partial charge in [0.25, 0.3) is 0 Å². The molecule has 17 atom stereocenters. The zero-order valence-electron chi connectivity index (χ0n) is 58.1. The number of likely N-dealkylation sites (tertiary alicyclic amines) is 2. The number of Topliss-reactive ketones (excluding diaryl/α,β-unsaturated/α-hetero) is 1. The predicted octanol–water partition coefficient (Wildman–Crippen LogP) is 3.13. The van der Waals surface area contributed by atoms with Gasteiger partial charge in [0.1, 0.15) is 54.6 Å². The van der Waals surface area contributed by atoms with E-state index in [4.69, 9.17) is 29.4 Å². The molecular weight excluding hydrogens is 1250 g/mol. The van der Waals surface area contributed by atoms with Gasteiger partial charge in [-0.15, -0.1) is 0 Å². The fourth-order valence-corrected chi connectivity index (χ4v) is 12.9. The standard InChI is InChI=1S/C68H104N8O20/c1-16-37(6)54(48(92-14)32-50(79)75-28-20-23-44(75)59(93-15)39(8)46(77)29-38(7)55(81)41-21-18-17-19-22-41)73(12)64(88)52(35(2)3)72-62(86)53(36(4)5)74(13)67(91)94-34-40-24-25-47(95-66-58(84)56(82)57(83)60(96-66)65(89)90)43(30-40)71-49(78)26-27-70-61(85)45(33-69)76-51(80)31-42(63(76)87)68(9,10)11/h17-19,21-22,24-25,30,35-39,42,44-45,48,52-60,66,81-84H,16,20,23,26-29,31-34,69H2,1-15H3,(H,70,85)(H,71,78)(H,72,86)(H,89,90)/t37-,38+,39+,42?,44+,45+,48?,52+,53?,54?,55-,56+,57?,58+,59-,60?,66?/m1/s1. The van der Waals surface area contributed by atoms with Crippen LogP contribution in [0.4, 0.5) is 10.5 Å². The van der Waals surface area contributed by atoms with E-state index in [1.807, 2.05) is 51.1 Å². The summed E-state index contributed by atoms with van der Waals surface area (Å²) in [6.45, 7) is 19.0. The van der Waals surface area contributed by atoms with Crippen LogP contribution in [0.5, 0.6) is 5.75 Å². The molecule has 8 amide bonds. The van der Waals surface area contributed by atoms with E-state index < -0.39 is 175 Å². The third-order valence-corrected chi connectivity index (χ3v) is 18.8. The lowest BCUT2D eigenvalue weighted by Gasteiger charge is -2.41. The Balaban J connectivity index is 1.28. The Morgan fingerprint density at radius 1 is 0.833 bits per heavy atom. The molecule has 0 aromatic heterocycles. The van der Waals surface area contributed by atoms with E-state index in [2.05, 4.69) is 16.0 Å². The van der Waals surface area contributed by atoms with Crippen molar-refractivity contribution in [1.82, 2.24) is 30.2 Å². The minimum atomic E-state index is -2.05. The second-order valence-corrected chi connectivity index (χ2v) is 27.4. The van der Waals surface area contributed by atoms with Crippen molar-refractivity contribution < 1.29 is 97.2 Å². The van der Waals surface area contributed by atoms with Gasteiger partial charge in [-0.2, -0.15) is 0 Å². The minimum Gasteiger partial charge on any atom is -0.479 e. The number of nitrogens with zero attached hydrogens (tertiary/aromatic N) is 4. The van der Waals surface area contributed by atoms with Crippen molar-refractivity contribution >= 4 is 64.9 Å². The highest BCUT2D eigenvalue weighted by molar-refractivity contribution is 6.07. The number of carboxylic acid groups (broad SMARTS) is 1. The molecular formula is C68H104N8O20. The molecule has 3 heterocycles. The number of nitrogens with one attached hydrogen (secondary N) is 3. The Morgan fingerprint density at radius 2 is 1.49 bits per heavy atom. The molecule has 96 heavy (non-hydrogen) atoms. The Hall–Kier alpha value is -7.18. The highest BCUT2D eigenvalue weighted by atomic mass is 16.7. The number of carbonyl (C=O) groups is 10. The van der Waals surface area contributed by atoms with Crippen LogP contribution in [0.25, 0.3) is 0 Å². The van der Waals surface area contributed by atoms with Crippen molar-refractivity contribution in [2.45, 2.75) is 207 Å². The number of methoxy groups -OCH3 is 2. The van der Waals surface area contributed by atoms with Crippen molar-refractivity contribution in [3.63, 3.8) is 0 Å². The van der Waals surface area contributed by atoms with E-state index in [0.29, 0.717) is 31.4 Å². The summed E-state index contributed by atoms with van der Waals surface area (Å²) in [4.78, 5) is 142. The van der Waals surface area contributed by atoms with Gasteiger partial charge in [-0.05, 0) is 65.2 Å². The first-order valence-corrected chi connectivity index (χ1v) is 33.0. The van der Waals surface area contributed by atoms with Crippen LogP contribution in [0.3, 0.4) is 0 Å². The average molecular weight is 1350 g/mol. The summed E-state index contributed by atoms with van der Waals surface area (Å²) < 4.78 is 28.9. The number of aliphatic hydroxyl groups excluding tert-OH is 4. The molecule has 0 spiro atoms. The Labute approximate surface area is 562 Å². The highest BCUT2D eigenvalue weighted by Gasteiger charge is 2.51. The fourth-order valence-electron chi connectivity index (χ4n) is 12.9. The van der Waals surface area contributed by atoms with Gasteiger partial charge in [-0.25, -0.2) is 9.59 Å². The number of likely N-dealkylation sites (N-methyl/N-ethyl adjacent to an activating group) is 2. The maximum atomic E-state index is 14.9. The summed E-state index contributed by atoms with van der Waals surface area (Å²) in [5.41, 5.74) is 6.04. The van der Waals surface area contributed by atoms with Crippen molar-refractivity contribution in [3.8, 4) is 5.75 Å². The maximum Gasteiger partial charge on any atom is 0.410 e. The SMILES string of the molecule is CC[C@@H](C)C(C(CC(=O)N1CCC[C@H]1[C@H](OC)[C@@H](C)C(=O)C[C@H](C)[C@@H](O)c1ccccc1)OC)N(C)C(=O)[C@@H](NC(=O)C(C(C)C)N(C)C(=O)OCc1ccc(OC2OC(C(=O)O)C(O)[C@H](O)[C@@H]2O)c(NC(=O)CCNC(=O)[C@H](CN)N2C(=O)CC(C(C)(C)C)C2=O)c1)C(C)C. The zero-order valence-corrected chi connectivity index (χ0v) is 58.1. The van der Waals surface area contributed by atoms with Crippen LogP contribution in [0.15, 0.2) is 48.5 Å². The Kier molecular flexibility index (Phi) is 29.3. The number of carboxylic acids is 1. The molecule has 0 aliphatic carbocycles. The van der Waals surface area contributed by atoms with E-state index in [9.17, 15) is 73.5 Å². The second kappa shape index (κ2) is 35.4. The first-order chi connectivity index (χ1) is 45.1. The summed E-state index contributed by atoms with van der Waals surface area (Å²) in [6, 6.07) is 8.23. The lowest BCUT2D eigenvalue weighted by Crippen LogP contribution is -2.61. The van der Waals surface area contributed by atoms with Gasteiger partial charge in [-0.3, -0.25) is 48.2 Å². The summed E-state index contributed by atoms with van der Waals surface area (Å²) in [5, 5.41) is 60.3. The first-order valence-electron chi connectivity index (χ1n) is 33.0. The second-order valence-electron chi connectivity index (χ2n) is 27.4. The van der Waals surface area contributed by atoms with Gasteiger partial charge >= 0.3 is 12.1 Å². The molecule has 3 aliphatic rings. The molecule has 10 N–H and O–H groups in total. The van der Waals surface area contributed by atoms with Crippen molar-refractivity contribution in [2.75, 3.05) is 53.3 Å². The van der Waals surface area contributed by atoms with Crippen LogP contribution in [0.2, 0.25) is 0 Å². The monoisotopic (exact) mass is 1350 g/mol. The molecule has 28 nitrogen and oxygen atoms in total. The van der Waals surface area contributed by atoms with Gasteiger partial charge in [0.15, 0.2) is 6.10 Å². The zero-order chi connectivity index (χ0) is 72.0. The van der Waals surface area contributed by atoms with Crippen LogP contribution < -0.4 is 26.4 Å². The molecule has 28 heteroatoms. The number of carbonyl (C=O) groups excluding carboxylic acids is 9. The third kappa shape index (κ3) is 19.6. The smallest absolute Gasteiger partial charge is 0.410 e. The molecule has 0 radical (unpaired) electrons. The highest BCUT2D eigenvalue weighted by Crippen LogP contribution is 2.38. The number of anilines is 1. The Morgan fingerprint density at radius 3 is 2.05 bits per heavy atom. The average Bonchev–Trinajstić information content (AvgIpc) is 1.36. The molecule has 2 aromatic carbocycles. The van der Waals surface area contributed by atoms with Crippen LogP contribution in [-0.4, -0.2) is 225 Å². The van der Waals surface area contributed by atoms with E-state index in [-0.39, 0.29) is 66.3 Å². The summed E-state index contributed by atoms with van der Waals surface area (Å²) >= 11 is 0. The fraction of sp³-hybridized carbons (Fsp3) is 0.676. The predicted molar refractivity (Wildman–Crippen MR) is 350 cm³/mol. The van der Waals surface area contributed by atoms with Gasteiger partial charge in [-0.1, -0.05) is 119 Å². The molecule has 3 saturated heterocycles. The van der Waals surface area contributed by atoms with E-state index in [0.717, 1.165) is 9.80 Å². The van der Waals surface area contributed by atoms with Crippen molar-refractivity contribution in [3.05, 3.63) is 59.7 Å². The molecule has 0 bridgehead atoms. The molecule has 3 fully saturated rings. The third-order valence-electron chi connectivity index (χ3n) is 18.8. The van der Waals surface area contributed by atoms with E-state index >= 15 is 0 Å². The number of aliphatic hydroxyl groups is 4. The lowest BCUT2D eigenvalue weighted by molar-refractivity contribution is -0.271. The van der Waals surface area contributed by atoms with Crippen LogP contribution in [-0.2, 0) is 68.7 Å². The number of rotatable bonds is 33. The first kappa shape index (κ1) is 79.5. The summed E-state index contributed by atoms with van der Waals surface area (Å²) in [5.74, 6) is -9.08. The van der Waals surface area contributed by atoms with Gasteiger partial charge in [0.2, 0.25) is 47.6 Å². The van der Waals surface area contributed by atoms with Gasteiger partial charge in [0, 0.05) is 73.1 Å². The van der Waals surface area contributed by atoms with Gasteiger partial charge < -0.3 is 80.7 Å². The maximum absolute atomic E-state index is 14.9. The molecule has 2 aromatic rings. The van der Waals surface area contributed by atoms with Crippen LogP contribution >= 0.6 is 0 Å². The number of hydrogen-bond acceptors (Lipinski definition) is 20. The summed E-state index contributed by atoms with van der Waals surface area (Å²) in [7, 11) is 5.93. The van der Waals surface area contributed by atoms with E-state index in [1.165, 1.54) is 44.4 Å². The number of aliphatic carboxylic acids is 1. The van der Waals surface area contributed by atoms with Gasteiger partial charge in [0.05, 0.1) is 48.4 Å². The molecule has 7 unspecified atom stereocenters.